The van der Waals surface area contributed by atoms with Gasteiger partial charge in [0.05, 0.1) is 17.2 Å². The van der Waals surface area contributed by atoms with Gasteiger partial charge < -0.3 is 15.2 Å². The van der Waals surface area contributed by atoms with E-state index in [0.717, 1.165) is 43.7 Å². The van der Waals surface area contributed by atoms with E-state index in [2.05, 4.69) is 5.16 Å². The van der Waals surface area contributed by atoms with Crippen LogP contribution in [0.4, 0.5) is 0 Å². The van der Waals surface area contributed by atoms with E-state index in [1.165, 1.54) is 0 Å². The first-order valence-electron chi connectivity index (χ1n) is 7.52. The Kier molecular flexibility index (Phi) is 4.48. The third-order valence-corrected chi connectivity index (χ3v) is 4.69. The van der Waals surface area contributed by atoms with Crippen LogP contribution in [0.1, 0.15) is 57.0 Å². The van der Waals surface area contributed by atoms with Gasteiger partial charge in [-0.05, 0) is 32.6 Å². The van der Waals surface area contributed by atoms with Crippen molar-refractivity contribution in [3.8, 4) is 0 Å². The topological polar surface area (TPSA) is 72.4 Å². The fourth-order valence-corrected chi connectivity index (χ4v) is 3.08. The fourth-order valence-electron chi connectivity index (χ4n) is 3.08. The minimum Gasteiger partial charge on any atom is -0.359 e. The maximum Gasteiger partial charge on any atom is 0.230 e. The molecule has 0 bridgehead atoms. The van der Waals surface area contributed by atoms with Gasteiger partial charge in [0.2, 0.25) is 5.91 Å². The first-order chi connectivity index (χ1) is 9.57. The lowest BCUT2D eigenvalue weighted by atomic mass is 9.80. The van der Waals surface area contributed by atoms with Crippen LogP contribution in [0.15, 0.2) is 10.6 Å². The number of likely N-dealkylation sites (tertiary alicyclic amines) is 1. The SMILES string of the molecule is CCC(CC)(CN)C(=O)N1CCCC1c1cc(C)no1. The standard InChI is InChI=1S/C15H25N3O2/c1-4-15(5-2,10-16)14(19)18-8-6-7-12(18)13-9-11(3)17-20-13/h9,12H,4-8,10,16H2,1-3H3. The molecule has 5 heteroatoms. The molecule has 1 fully saturated rings. The summed E-state index contributed by atoms with van der Waals surface area (Å²) in [6.07, 6.45) is 3.49. The van der Waals surface area contributed by atoms with E-state index in [4.69, 9.17) is 10.3 Å². The lowest BCUT2D eigenvalue weighted by Gasteiger charge is -2.35. The zero-order valence-corrected chi connectivity index (χ0v) is 12.7. The number of hydrogen-bond acceptors (Lipinski definition) is 4. The molecule has 0 aliphatic carbocycles. The molecule has 2 N–H and O–H groups in total. The molecule has 5 nitrogen and oxygen atoms in total. The fraction of sp³-hybridized carbons (Fsp3) is 0.733. The minimum atomic E-state index is -0.433. The molecule has 1 amide bonds. The summed E-state index contributed by atoms with van der Waals surface area (Å²) < 4.78 is 5.37. The molecule has 20 heavy (non-hydrogen) atoms. The van der Waals surface area contributed by atoms with Gasteiger partial charge in [-0.2, -0.15) is 0 Å². The molecule has 0 spiro atoms. The highest BCUT2D eigenvalue weighted by atomic mass is 16.5. The van der Waals surface area contributed by atoms with Crippen molar-refractivity contribution < 1.29 is 9.32 Å². The number of carbonyl (C=O) groups is 1. The zero-order valence-electron chi connectivity index (χ0n) is 12.7. The molecule has 1 aliphatic rings. The van der Waals surface area contributed by atoms with Gasteiger partial charge in [-0.15, -0.1) is 0 Å². The van der Waals surface area contributed by atoms with Crippen molar-refractivity contribution >= 4 is 5.91 Å². The second-order valence-corrected chi connectivity index (χ2v) is 5.72. The third-order valence-electron chi connectivity index (χ3n) is 4.69. The van der Waals surface area contributed by atoms with E-state index in [-0.39, 0.29) is 11.9 Å². The van der Waals surface area contributed by atoms with E-state index in [9.17, 15) is 4.79 Å². The Morgan fingerprint density at radius 2 is 2.25 bits per heavy atom. The lowest BCUT2D eigenvalue weighted by Crippen LogP contribution is -2.47. The van der Waals surface area contributed by atoms with Crippen LogP contribution in [0.2, 0.25) is 0 Å². The van der Waals surface area contributed by atoms with Crippen LogP contribution in [-0.2, 0) is 4.79 Å². The minimum absolute atomic E-state index is 0.0210. The Bertz CT molecular complexity index is 457. The van der Waals surface area contributed by atoms with Crippen molar-refractivity contribution in [2.75, 3.05) is 13.1 Å². The first kappa shape index (κ1) is 15.0. The van der Waals surface area contributed by atoms with Crippen molar-refractivity contribution in [1.82, 2.24) is 10.1 Å². The van der Waals surface area contributed by atoms with Crippen LogP contribution in [-0.4, -0.2) is 29.1 Å². The van der Waals surface area contributed by atoms with Gasteiger partial charge in [-0.3, -0.25) is 4.79 Å². The van der Waals surface area contributed by atoms with Gasteiger partial charge in [0.1, 0.15) is 0 Å². The molecule has 0 aromatic carbocycles. The molecule has 1 aromatic rings. The number of rotatable bonds is 5. The highest BCUT2D eigenvalue weighted by Gasteiger charge is 2.42. The molecule has 1 aromatic heterocycles. The van der Waals surface area contributed by atoms with E-state index >= 15 is 0 Å². The van der Waals surface area contributed by atoms with Crippen LogP contribution in [0.3, 0.4) is 0 Å². The van der Waals surface area contributed by atoms with Crippen molar-refractivity contribution in [3.05, 3.63) is 17.5 Å². The normalized spacial score (nSPS) is 19.6. The second kappa shape index (κ2) is 5.95. The Labute approximate surface area is 120 Å². The number of aryl methyl sites for hydroxylation is 1. The maximum atomic E-state index is 12.9. The second-order valence-electron chi connectivity index (χ2n) is 5.72. The average molecular weight is 279 g/mol. The Hall–Kier alpha value is -1.36. The van der Waals surface area contributed by atoms with Crippen LogP contribution < -0.4 is 5.73 Å². The summed E-state index contributed by atoms with van der Waals surface area (Å²) in [5, 5.41) is 3.94. The molecule has 1 saturated heterocycles. The van der Waals surface area contributed by atoms with Gasteiger partial charge in [-0.25, -0.2) is 0 Å². The summed E-state index contributed by atoms with van der Waals surface area (Å²) in [5.74, 6) is 0.966. The summed E-state index contributed by atoms with van der Waals surface area (Å²) >= 11 is 0. The van der Waals surface area contributed by atoms with Crippen molar-refractivity contribution in [1.29, 1.82) is 0 Å². The van der Waals surface area contributed by atoms with Gasteiger partial charge in [0.25, 0.3) is 0 Å². The molecule has 1 unspecified atom stereocenters. The third kappa shape index (κ3) is 2.46. The van der Waals surface area contributed by atoms with Gasteiger partial charge >= 0.3 is 0 Å². The molecule has 1 aliphatic heterocycles. The summed E-state index contributed by atoms with van der Waals surface area (Å²) in [6, 6.07) is 1.95. The molecular weight excluding hydrogens is 254 g/mol. The molecule has 0 radical (unpaired) electrons. The number of carbonyl (C=O) groups excluding carboxylic acids is 1. The van der Waals surface area contributed by atoms with Crippen LogP contribution in [0.25, 0.3) is 0 Å². The average Bonchev–Trinajstić information content (AvgIpc) is 3.09. The number of nitrogens with two attached hydrogens (primary N) is 1. The number of nitrogens with zero attached hydrogens (tertiary/aromatic N) is 2. The smallest absolute Gasteiger partial charge is 0.230 e. The van der Waals surface area contributed by atoms with E-state index in [1.54, 1.807) is 0 Å². The number of aromatic nitrogens is 1. The largest absolute Gasteiger partial charge is 0.359 e. The monoisotopic (exact) mass is 279 g/mol. The van der Waals surface area contributed by atoms with Crippen molar-refractivity contribution in [2.45, 2.75) is 52.5 Å². The van der Waals surface area contributed by atoms with Gasteiger partial charge in [0.15, 0.2) is 5.76 Å². The van der Waals surface area contributed by atoms with Gasteiger partial charge in [-0.1, -0.05) is 19.0 Å². The van der Waals surface area contributed by atoms with Crippen molar-refractivity contribution in [3.63, 3.8) is 0 Å². The van der Waals surface area contributed by atoms with Gasteiger partial charge in [0, 0.05) is 19.2 Å². The van der Waals surface area contributed by atoms with E-state index < -0.39 is 5.41 Å². The molecule has 0 saturated carbocycles. The number of hydrogen-bond donors (Lipinski definition) is 1. The van der Waals surface area contributed by atoms with Crippen LogP contribution in [0.5, 0.6) is 0 Å². The van der Waals surface area contributed by atoms with Crippen LogP contribution in [0, 0.1) is 12.3 Å². The quantitative estimate of drug-likeness (QED) is 0.898. The molecule has 2 rings (SSSR count). The lowest BCUT2D eigenvalue weighted by molar-refractivity contribution is -0.143. The Morgan fingerprint density at radius 3 is 2.75 bits per heavy atom. The first-order valence-corrected chi connectivity index (χ1v) is 7.52. The summed E-state index contributed by atoms with van der Waals surface area (Å²) in [6.45, 7) is 7.16. The summed E-state index contributed by atoms with van der Waals surface area (Å²) in [5.41, 5.74) is 6.33. The highest BCUT2D eigenvalue weighted by Crippen LogP contribution is 2.37. The predicted octanol–water partition coefficient (Wildman–Crippen LogP) is 2.41. The summed E-state index contributed by atoms with van der Waals surface area (Å²) in [7, 11) is 0. The maximum absolute atomic E-state index is 12.9. The van der Waals surface area contributed by atoms with E-state index in [0.29, 0.717) is 6.54 Å². The molecular formula is C15H25N3O2. The zero-order chi connectivity index (χ0) is 14.8. The summed E-state index contributed by atoms with van der Waals surface area (Å²) in [4.78, 5) is 14.9. The van der Waals surface area contributed by atoms with E-state index in [1.807, 2.05) is 31.7 Å². The molecule has 1 atom stereocenters. The van der Waals surface area contributed by atoms with Crippen LogP contribution >= 0.6 is 0 Å². The Balaban J connectivity index is 2.24. The number of amides is 1. The van der Waals surface area contributed by atoms with Crippen molar-refractivity contribution in [2.24, 2.45) is 11.1 Å². The predicted molar refractivity (Wildman–Crippen MR) is 77.0 cm³/mol. The highest BCUT2D eigenvalue weighted by molar-refractivity contribution is 5.83. The molecule has 112 valence electrons. The Morgan fingerprint density at radius 1 is 1.55 bits per heavy atom. The molecule has 2 heterocycles.